The molecule has 1 aromatic heterocycles. The first-order valence-corrected chi connectivity index (χ1v) is 5.14. The Morgan fingerprint density at radius 1 is 1.50 bits per heavy atom. The highest BCUT2D eigenvalue weighted by molar-refractivity contribution is 9.10. The molecule has 0 aliphatic heterocycles. The number of carbonyl (C=O) groups excluding carboxylic acids is 1. The van der Waals surface area contributed by atoms with Crippen molar-refractivity contribution < 1.29 is 14.1 Å². The molecule has 2 rings (SSSR count). The molecule has 16 heavy (non-hydrogen) atoms. The van der Waals surface area contributed by atoms with Gasteiger partial charge in [0, 0.05) is 4.47 Å². The second kappa shape index (κ2) is 4.36. The SMILES string of the molecule is Nc1oncc1C(=O)Oc1cccc(Br)c1. The topological polar surface area (TPSA) is 78.4 Å². The third kappa shape index (κ3) is 2.22. The van der Waals surface area contributed by atoms with Crippen LogP contribution in [0.1, 0.15) is 10.4 Å². The van der Waals surface area contributed by atoms with E-state index in [4.69, 9.17) is 10.5 Å². The highest BCUT2D eigenvalue weighted by Gasteiger charge is 2.16. The number of carbonyl (C=O) groups is 1. The number of hydrogen-bond donors (Lipinski definition) is 1. The van der Waals surface area contributed by atoms with Crippen LogP contribution in [0, 0.1) is 0 Å². The Hall–Kier alpha value is -1.82. The molecule has 6 heteroatoms. The molecule has 0 aliphatic carbocycles. The summed E-state index contributed by atoms with van der Waals surface area (Å²) in [4.78, 5) is 11.6. The zero-order valence-corrected chi connectivity index (χ0v) is 9.60. The van der Waals surface area contributed by atoms with Gasteiger partial charge < -0.3 is 15.0 Å². The number of nitrogens with two attached hydrogens (primary N) is 1. The van der Waals surface area contributed by atoms with Gasteiger partial charge in [-0.2, -0.15) is 0 Å². The molecule has 0 bridgehead atoms. The van der Waals surface area contributed by atoms with E-state index in [1.165, 1.54) is 6.20 Å². The third-order valence-corrected chi connectivity index (χ3v) is 2.32. The quantitative estimate of drug-likeness (QED) is 0.675. The molecule has 0 radical (unpaired) electrons. The van der Waals surface area contributed by atoms with E-state index in [1.807, 2.05) is 6.07 Å². The fraction of sp³-hybridized carbons (Fsp3) is 0. The van der Waals surface area contributed by atoms with Crippen molar-refractivity contribution in [2.45, 2.75) is 0 Å². The summed E-state index contributed by atoms with van der Waals surface area (Å²) in [5.74, 6) is -0.239. The Morgan fingerprint density at radius 2 is 2.31 bits per heavy atom. The van der Waals surface area contributed by atoms with Crippen molar-refractivity contribution in [2.75, 3.05) is 5.73 Å². The molecule has 2 aromatic rings. The standard InChI is InChI=1S/C10H7BrN2O3/c11-6-2-1-3-7(4-6)15-10(14)8-5-13-16-9(8)12/h1-5H,12H2. The van der Waals surface area contributed by atoms with Crippen molar-refractivity contribution in [3.05, 3.63) is 40.5 Å². The number of benzene rings is 1. The number of nitrogens with zero attached hydrogens (tertiary/aromatic N) is 1. The van der Waals surface area contributed by atoms with Crippen LogP contribution in [0.15, 0.2) is 39.5 Å². The maximum Gasteiger partial charge on any atom is 0.350 e. The maximum absolute atomic E-state index is 11.6. The van der Waals surface area contributed by atoms with Crippen LogP contribution in [-0.2, 0) is 0 Å². The van der Waals surface area contributed by atoms with E-state index in [9.17, 15) is 4.79 Å². The number of hydrogen-bond acceptors (Lipinski definition) is 5. The van der Waals surface area contributed by atoms with E-state index in [2.05, 4.69) is 25.6 Å². The molecule has 5 nitrogen and oxygen atoms in total. The minimum absolute atomic E-state index is 0.0556. The lowest BCUT2D eigenvalue weighted by Gasteiger charge is -2.02. The van der Waals surface area contributed by atoms with Crippen LogP contribution in [0.4, 0.5) is 5.88 Å². The fourth-order valence-corrected chi connectivity index (χ4v) is 1.47. The summed E-state index contributed by atoms with van der Waals surface area (Å²) in [5, 5.41) is 3.39. The van der Waals surface area contributed by atoms with Gasteiger partial charge in [-0.25, -0.2) is 4.79 Å². The van der Waals surface area contributed by atoms with Gasteiger partial charge in [0.25, 0.3) is 0 Å². The van der Waals surface area contributed by atoms with Gasteiger partial charge in [0.15, 0.2) is 0 Å². The Labute approximate surface area is 99.3 Å². The van der Waals surface area contributed by atoms with Crippen LogP contribution in [0.25, 0.3) is 0 Å². The predicted molar refractivity (Wildman–Crippen MR) is 60.0 cm³/mol. The first-order valence-electron chi connectivity index (χ1n) is 4.34. The van der Waals surface area contributed by atoms with E-state index in [0.29, 0.717) is 5.75 Å². The van der Waals surface area contributed by atoms with Crippen LogP contribution in [0.3, 0.4) is 0 Å². The molecule has 0 unspecified atom stereocenters. The lowest BCUT2D eigenvalue weighted by molar-refractivity contribution is 0.0735. The minimum Gasteiger partial charge on any atom is -0.423 e. The van der Waals surface area contributed by atoms with Crippen molar-refractivity contribution in [3.63, 3.8) is 0 Å². The summed E-state index contributed by atoms with van der Waals surface area (Å²) in [6.07, 6.45) is 1.22. The van der Waals surface area contributed by atoms with Crippen LogP contribution < -0.4 is 10.5 Å². The largest absolute Gasteiger partial charge is 0.423 e. The van der Waals surface area contributed by atoms with Crippen molar-refractivity contribution >= 4 is 27.8 Å². The number of ether oxygens (including phenoxy) is 1. The zero-order chi connectivity index (χ0) is 11.5. The van der Waals surface area contributed by atoms with Gasteiger partial charge in [0.1, 0.15) is 11.3 Å². The molecule has 0 saturated heterocycles. The Kier molecular flexibility index (Phi) is 2.91. The van der Waals surface area contributed by atoms with Gasteiger partial charge >= 0.3 is 5.97 Å². The average Bonchev–Trinajstić information content (AvgIpc) is 2.64. The van der Waals surface area contributed by atoms with E-state index in [1.54, 1.807) is 18.2 Å². The summed E-state index contributed by atoms with van der Waals surface area (Å²) in [7, 11) is 0. The van der Waals surface area contributed by atoms with Crippen LogP contribution >= 0.6 is 15.9 Å². The van der Waals surface area contributed by atoms with Gasteiger partial charge in [-0.1, -0.05) is 27.2 Å². The third-order valence-electron chi connectivity index (χ3n) is 1.82. The van der Waals surface area contributed by atoms with Gasteiger partial charge in [-0.3, -0.25) is 0 Å². The molecule has 0 atom stereocenters. The second-order valence-electron chi connectivity index (χ2n) is 2.95. The van der Waals surface area contributed by atoms with E-state index in [0.717, 1.165) is 4.47 Å². The maximum atomic E-state index is 11.6. The summed E-state index contributed by atoms with van der Waals surface area (Å²) in [6, 6.07) is 6.91. The van der Waals surface area contributed by atoms with Crippen molar-refractivity contribution in [3.8, 4) is 5.75 Å². The second-order valence-corrected chi connectivity index (χ2v) is 3.87. The van der Waals surface area contributed by atoms with Gasteiger partial charge in [0.05, 0.1) is 6.20 Å². The molecule has 82 valence electrons. The number of anilines is 1. The Morgan fingerprint density at radius 3 is 2.94 bits per heavy atom. The van der Waals surface area contributed by atoms with Crippen molar-refractivity contribution in [2.24, 2.45) is 0 Å². The van der Waals surface area contributed by atoms with Crippen molar-refractivity contribution in [1.82, 2.24) is 5.16 Å². The lowest BCUT2D eigenvalue weighted by atomic mass is 10.3. The van der Waals surface area contributed by atoms with Gasteiger partial charge in [-0.15, -0.1) is 0 Å². The fourth-order valence-electron chi connectivity index (χ4n) is 1.09. The Bertz CT molecular complexity index is 524. The van der Waals surface area contributed by atoms with Gasteiger partial charge in [-0.05, 0) is 18.2 Å². The molecule has 2 N–H and O–H groups in total. The molecule has 1 aromatic carbocycles. The molecule has 0 fully saturated rings. The monoisotopic (exact) mass is 282 g/mol. The number of rotatable bonds is 2. The number of esters is 1. The summed E-state index contributed by atoms with van der Waals surface area (Å²) in [6.45, 7) is 0. The molecular weight excluding hydrogens is 276 g/mol. The highest BCUT2D eigenvalue weighted by atomic mass is 79.9. The summed E-state index contributed by atoms with van der Waals surface area (Å²) < 4.78 is 10.5. The average molecular weight is 283 g/mol. The first kappa shape index (κ1) is 10.7. The summed E-state index contributed by atoms with van der Waals surface area (Å²) >= 11 is 3.27. The molecule has 1 heterocycles. The van der Waals surface area contributed by atoms with Crippen LogP contribution in [-0.4, -0.2) is 11.1 Å². The number of aromatic nitrogens is 1. The Balaban J connectivity index is 2.17. The van der Waals surface area contributed by atoms with Crippen LogP contribution in [0.5, 0.6) is 5.75 Å². The van der Waals surface area contributed by atoms with Crippen LogP contribution in [0.2, 0.25) is 0 Å². The molecule has 0 aliphatic rings. The zero-order valence-electron chi connectivity index (χ0n) is 8.01. The first-order chi connectivity index (χ1) is 7.66. The summed E-state index contributed by atoms with van der Waals surface area (Å²) in [5.41, 5.74) is 5.50. The molecule has 0 saturated carbocycles. The number of halogens is 1. The number of nitrogen functional groups attached to an aromatic ring is 1. The van der Waals surface area contributed by atoms with Crippen molar-refractivity contribution in [1.29, 1.82) is 0 Å². The lowest BCUT2D eigenvalue weighted by Crippen LogP contribution is -2.09. The predicted octanol–water partition coefficient (Wildman–Crippen LogP) is 2.24. The molecule has 0 amide bonds. The normalized spacial score (nSPS) is 10.1. The molecular formula is C10H7BrN2O3. The van der Waals surface area contributed by atoms with E-state index >= 15 is 0 Å². The van der Waals surface area contributed by atoms with E-state index < -0.39 is 5.97 Å². The van der Waals surface area contributed by atoms with Gasteiger partial charge in [0.2, 0.25) is 5.88 Å². The highest BCUT2D eigenvalue weighted by Crippen LogP contribution is 2.20. The smallest absolute Gasteiger partial charge is 0.350 e. The van der Waals surface area contributed by atoms with E-state index in [-0.39, 0.29) is 11.4 Å². The minimum atomic E-state index is -0.600. The molecule has 0 spiro atoms.